The highest BCUT2D eigenvalue weighted by Gasteiger charge is 2.36. The summed E-state index contributed by atoms with van der Waals surface area (Å²) >= 11 is 0. The topological polar surface area (TPSA) is 55.8 Å². The van der Waals surface area contributed by atoms with Crippen molar-refractivity contribution >= 4 is 17.7 Å². The molecule has 0 unspecified atom stereocenters. The predicted molar refractivity (Wildman–Crippen MR) is 81.6 cm³/mol. The number of hydrogen-bond acceptors (Lipinski definition) is 4. The zero-order valence-corrected chi connectivity index (χ0v) is 14.4. The summed E-state index contributed by atoms with van der Waals surface area (Å²) < 4.78 is 61.9. The van der Waals surface area contributed by atoms with E-state index in [-0.39, 0.29) is 6.07 Å². The third-order valence-corrected chi connectivity index (χ3v) is 3.05. The standard InChI is InChI=1S/C16H19F4NO4/c1-9(13(22)24-5)21(14(23)25-15(2,3)4)12-7-6-10(8-11(12)17)16(18,19)20/h6-9H,1-5H3/t9-/m1/s1. The largest absolute Gasteiger partial charge is 0.467 e. The van der Waals surface area contributed by atoms with Crippen LogP contribution in [0.2, 0.25) is 0 Å². The van der Waals surface area contributed by atoms with Gasteiger partial charge in [-0.05, 0) is 45.9 Å². The molecule has 0 aliphatic carbocycles. The van der Waals surface area contributed by atoms with Crippen LogP contribution >= 0.6 is 0 Å². The molecule has 1 aromatic carbocycles. The van der Waals surface area contributed by atoms with Crippen LogP contribution in [-0.2, 0) is 20.4 Å². The van der Waals surface area contributed by atoms with Gasteiger partial charge < -0.3 is 9.47 Å². The molecule has 1 aromatic rings. The summed E-state index contributed by atoms with van der Waals surface area (Å²) in [7, 11) is 1.06. The maximum atomic E-state index is 14.2. The van der Waals surface area contributed by atoms with Gasteiger partial charge in [0.25, 0.3) is 0 Å². The highest BCUT2D eigenvalue weighted by Crippen LogP contribution is 2.33. The van der Waals surface area contributed by atoms with Crippen LogP contribution in [0.15, 0.2) is 18.2 Å². The second-order valence-corrected chi connectivity index (χ2v) is 6.21. The van der Waals surface area contributed by atoms with Gasteiger partial charge in [0.2, 0.25) is 0 Å². The molecule has 0 N–H and O–H groups in total. The van der Waals surface area contributed by atoms with E-state index in [2.05, 4.69) is 4.74 Å². The lowest BCUT2D eigenvalue weighted by Crippen LogP contribution is -2.46. The Hall–Kier alpha value is -2.32. The van der Waals surface area contributed by atoms with Crippen LogP contribution < -0.4 is 4.90 Å². The third-order valence-electron chi connectivity index (χ3n) is 3.05. The number of nitrogens with zero attached hydrogens (tertiary/aromatic N) is 1. The number of carbonyl (C=O) groups is 2. The van der Waals surface area contributed by atoms with E-state index in [0.29, 0.717) is 11.0 Å². The van der Waals surface area contributed by atoms with Crippen molar-refractivity contribution in [1.82, 2.24) is 0 Å². The molecule has 140 valence electrons. The van der Waals surface area contributed by atoms with Crippen LogP contribution in [0.5, 0.6) is 0 Å². The highest BCUT2D eigenvalue weighted by atomic mass is 19.4. The fourth-order valence-electron chi connectivity index (χ4n) is 1.93. The molecule has 0 saturated heterocycles. The SMILES string of the molecule is COC(=O)[C@@H](C)N(C(=O)OC(C)(C)C)c1ccc(C(F)(F)F)cc1F. The molecular formula is C16H19F4NO4. The summed E-state index contributed by atoms with van der Waals surface area (Å²) in [6.07, 6.45) is -5.84. The minimum atomic E-state index is -4.75. The van der Waals surface area contributed by atoms with E-state index in [1.807, 2.05) is 0 Å². The van der Waals surface area contributed by atoms with Crippen LogP contribution in [0.1, 0.15) is 33.3 Å². The molecule has 1 rings (SSSR count). The first-order valence-electron chi connectivity index (χ1n) is 7.24. The van der Waals surface area contributed by atoms with Crippen LogP contribution in [0.3, 0.4) is 0 Å². The number of esters is 1. The summed E-state index contributed by atoms with van der Waals surface area (Å²) in [6.45, 7) is 5.89. The van der Waals surface area contributed by atoms with Gasteiger partial charge in [-0.1, -0.05) is 0 Å². The van der Waals surface area contributed by atoms with Crippen molar-refractivity contribution in [2.24, 2.45) is 0 Å². The lowest BCUT2D eigenvalue weighted by molar-refractivity contribution is -0.142. The van der Waals surface area contributed by atoms with Crippen molar-refractivity contribution in [3.05, 3.63) is 29.6 Å². The number of alkyl halides is 3. The zero-order valence-electron chi connectivity index (χ0n) is 14.4. The van der Waals surface area contributed by atoms with Gasteiger partial charge in [0.05, 0.1) is 18.4 Å². The summed E-state index contributed by atoms with van der Waals surface area (Å²) in [5, 5.41) is 0. The normalized spacial score (nSPS) is 13.2. The first kappa shape index (κ1) is 20.7. The van der Waals surface area contributed by atoms with Crippen LogP contribution in [0.4, 0.5) is 28.0 Å². The first-order valence-corrected chi connectivity index (χ1v) is 7.24. The first-order chi connectivity index (χ1) is 11.3. The molecule has 0 bridgehead atoms. The zero-order chi connectivity index (χ0) is 19.6. The molecule has 1 amide bonds. The number of benzene rings is 1. The summed E-state index contributed by atoms with van der Waals surface area (Å²) in [5.74, 6) is -2.21. The molecule has 0 saturated carbocycles. The van der Waals surface area contributed by atoms with E-state index in [1.165, 1.54) is 6.92 Å². The molecule has 0 heterocycles. The predicted octanol–water partition coefficient (Wildman–Crippen LogP) is 4.15. The van der Waals surface area contributed by atoms with E-state index in [9.17, 15) is 27.2 Å². The number of anilines is 1. The van der Waals surface area contributed by atoms with Gasteiger partial charge in [0, 0.05) is 0 Å². The molecule has 0 aliphatic rings. The number of methoxy groups -OCH3 is 1. The molecule has 0 radical (unpaired) electrons. The van der Waals surface area contributed by atoms with Crippen LogP contribution in [-0.4, -0.2) is 30.8 Å². The van der Waals surface area contributed by atoms with Gasteiger partial charge in [-0.25, -0.2) is 14.0 Å². The second kappa shape index (κ2) is 7.28. The van der Waals surface area contributed by atoms with Crippen LogP contribution in [0.25, 0.3) is 0 Å². The monoisotopic (exact) mass is 365 g/mol. The van der Waals surface area contributed by atoms with Gasteiger partial charge >= 0.3 is 18.2 Å². The van der Waals surface area contributed by atoms with Gasteiger partial charge in [0.15, 0.2) is 0 Å². The average Bonchev–Trinajstić information content (AvgIpc) is 2.45. The quantitative estimate of drug-likeness (QED) is 0.597. The van der Waals surface area contributed by atoms with Crippen LogP contribution in [0, 0.1) is 5.82 Å². The number of halogens is 4. The lowest BCUT2D eigenvalue weighted by Gasteiger charge is -2.30. The third kappa shape index (κ3) is 5.33. The van der Waals surface area contributed by atoms with Crippen molar-refractivity contribution in [3.8, 4) is 0 Å². The Bertz CT molecular complexity index is 653. The van der Waals surface area contributed by atoms with Crippen molar-refractivity contribution in [1.29, 1.82) is 0 Å². The number of rotatable bonds is 3. The van der Waals surface area contributed by atoms with E-state index >= 15 is 0 Å². The smallest absolute Gasteiger partial charge is 0.416 e. The molecule has 0 aliphatic heterocycles. The average molecular weight is 365 g/mol. The summed E-state index contributed by atoms with van der Waals surface area (Å²) in [6, 6.07) is 0.309. The summed E-state index contributed by atoms with van der Waals surface area (Å²) in [5.41, 5.74) is -2.71. The molecule has 1 atom stereocenters. The second-order valence-electron chi connectivity index (χ2n) is 6.21. The number of amides is 1. The molecule has 0 fully saturated rings. The molecule has 25 heavy (non-hydrogen) atoms. The van der Waals surface area contributed by atoms with Crippen molar-refractivity contribution in [3.63, 3.8) is 0 Å². The fraction of sp³-hybridized carbons (Fsp3) is 0.500. The molecule has 0 spiro atoms. The molecule has 9 heteroatoms. The Morgan fingerprint density at radius 2 is 1.72 bits per heavy atom. The van der Waals surface area contributed by atoms with E-state index in [4.69, 9.17) is 4.74 Å². The molecule has 5 nitrogen and oxygen atoms in total. The van der Waals surface area contributed by atoms with Gasteiger partial charge in [-0.15, -0.1) is 0 Å². The van der Waals surface area contributed by atoms with Crippen molar-refractivity contribution in [2.75, 3.05) is 12.0 Å². The fourth-order valence-corrected chi connectivity index (χ4v) is 1.93. The minimum absolute atomic E-state index is 0.247. The molecule has 0 aromatic heterocycles. The maximum Gasteiger partial charge on any atom is 0.416 e. The van der Waals surface area contributed by atoms with Crippen molar-refractivity contribution in [2.45, 2.75) is 45.5 Å². The van der Waals surface area contributed by atoms with E-state index in [0.717, 1.165) is 13.2 Å². The lowest BCUT2D eigenvalue weighted by atomic mass is 10.1. The highest BCUT2D eigenvalue weighted by molar-refractivity contribution is 5.95. The minimum Gasteiger partial charge on any atom is -0.467 e. The Labute approximate surface area is 142 Å². The van der Waals surface area contributed by atoms with Crippen molar-refractivity contribution < 1.29 is 36.6 Å². The Morgan fingerprint density at radius 1 is 1.16 bits per heavy atom. The maximum absolute atomic E-state index is 14.2. The molecular weight excluding hydrogens is 346 g/mol. The van der Waals surface area contributed by atoms with Gasteiger partial charge in [0.1, 0.15) is 17.5 Å². The number of carbonyl (C=O) groups excluding carboxylic acids is 2. The Morgan fingerprint density at radius 3 is 2.12 bits per heavy atom. The van der Waals surface area contributed by atoms with E-state index in [1.54, 1.807) is 20.8 Å². The van der Waals surface area contributed by atoms with Gasteiger partial charge in [-0.3, -0.25) is 4.90 Å². The number of ether oxygens (including phenoxy) is 2. The summed E-state index contributed by atoms with van der Waals surface area (Å²) in [4.78, 5) is 24.7. The Kier molecular flexibility index (Phi) is 6.04. The van der Waals surface area contributed by atoms with E-state index < -0.39 is 46.9 Å². The Balaban J connectivity index is 3.37. The number of hydrogen-bond donors (Lipinski definition) is 0. The van der Waals surface area contributed by atoms with Gasteiger partial charge in [-0.2, -0.15) is 13.2 Å².